The van der Waals surface area contributed by atoms with E-state index in [9.17, 15) is 0 Å². The van der Waals surface area contributed by atoms with E-state index in [1.807, 2.05) is 0 Å². The Morgan fingerprint density at radius 2 is 1.34 bits per heavy atom. The van der Waals surface area contributed by atoms with Crippen LogP contribution in [0.2, 0.25) is 0 Å². The molecule has 0 radical (unpaired) electrons. The van der Waals surface area contributed by atoms with Crippen LogP contribution in [0.5, 0.6) is 5.75 Å². The molecule has 1 heteroatoms. The first kappa shape index (κ1) is 24.9. The van der Waals surface area contributed by atoms with Gasteiger partial charge in [0.1, 0.15) is 5.75 Å². The summed E-state index contributed by atoms with van der Waals surface area (Å²) in [4.78, 5) is 0. The van der Waals surface area contributed by atoms with Crippen LogP contribution in [0.25, 0.3) is 11.1 Å². The van der Waals surface area contributed by atoms with Crippen molar-refractivity contribution in [3.05, 3.63) is 54.1 Å². The molecule has 0 N–H and O–H groups in total. The van der Waals surface area contributed by atoms with Gasteiger partial charge >= 0.3 is 0 Å². The normalized spacial score (nSPS) is 19.6. The minimum atomic E-state index is 0.625. The number of ether oxygens (including phenoxy) is 1. The SMILES string of the molecule is CCCCCC(C)COc1ccc(-c2ccc(C3CCC(CCCCC)CC3)cc2)cc1. The number of hydrogen-bond donors (Lipinski definition) is 0. The molecule has 176 valence electrons. The van der Waals surface area contributed by atoms with Crippen molar-refractivity contribution in [2.45, 2.75) is 104 Å². The Morgan fingerprint density at radius 3 is 1.97 bits per heavy atom. The molecule has 1 fully saturated rings. The van der Waals surface area contributed by atoms with E-state index >= 15 is 0 Å². The minimum absolute atomic E-state index is 0.625. The van der Waals surface area contributed by atoms with Crippen LogP contribution in [0.15, 0.2) is 48.5 Å². The van der Waals surface area contributed by atoms with Gasteiger partial charge < -0.3 is 4.74 Å². The van der Waals surface area contributed by atoms with Crippen molar-refractivity contribution < 1.29 is 4.74 Å². The molecule has 1 unspecified atom stereocenters. The monoisotopic (exact) mass is 434 g/mol. The third-order valence-electron chi connectivity index (χ3n) is 7.47. The van der Waals surface area contributed by atoms with Crippen molar-refractivity contribution in [3.8, 4) is 16.9 Å². The maximum Gasteiger partial charge on any atom is 0.119 e. The fourth-order valence-corrected chi connectivity index (χ4v) is 5.22. The number of benzene rings is 2. The third kappa shape index (κ3) is 7.98. The molecule has 1 aliphatic carbocycles. The lowest BCUT2D eigenvalue weighted by molar-refractivity contribution is 0.249. The van der Waals surface area contributed by atoms with E-state index in [4.69, 9.17) is 4.74 Å². The van der Waals surface area contributed by atoms with Crippen molar-refractivity contribution in [1.82, 2.24) is 0 Å². The van der Waals surface area contributed by atoms with E-state index in [0.717, 1.165) is 24.2 Å². The first-order valence-corrected chi connectivity index (χ1v) is 13.5. The van der Waals surface area contributed by atoms with Gasteiger partial charge in [0.2, 0.25) is 0 Å². The fourth-order valence-electron chi connectivity index (χ4n) is 5.22. The van der Waals surface area contributed by atoms with Gasteiger partial charge in [0.05, 0.1) is 6.61 Å². The summed E-state index contributed by atoms with van der Waals surface area (Å²) in [6.45, 7) is 7.68. The second-order valence-electron chi connectivity index (χ2n) is 10.3. The van der Waals surface area contributed by atoms with E-state index in [1.54, 1.807) is 0 Å². The zero-order chi connectivity index (χ0) is 22.6. The lowest BCUT2D eigenvalue weighted by Crippen LogP contribution is -2.13. The minimum Gasteiger partial charge on any atom is -0.493 e. The Balaban J connectivity index is 1.45. The summed E-state index contributed by atoms with van der Waals surface area (Å²) in [5, 5.41) is 0. The first-order valence-electron chi connectivity index (χ1n) is 13.5. The van der Waals surface area contributed by atoms with Crippen LogP contribution in [0.1, 0.15) is 109 Å². The molecule has 0 heterocycles. The van der Waals surface area contributed by atoms with Gasteiger partial charge in [-0.05, 0) is 78.7 Å². The molecule has 2 aromatic rings. The Hall–Kier alpha value is -1.76. The van der Waals surface area contributed by atoms with Crippen molar-refractivity contribution in [2.24, 2.45) is 11.8 Å². The molecule has 0 aliphatic heterocycles. The number of rotatable bonds is 13. The van der Waals surface area contributed by atoms with Crippen LogP contribution in [-0.2, 0) is 0 Å². The Bertz CT molecular complexity index is 737. The van der Waals surface area contributed by atoms with Gasteiger partial charge in [0.15, 0.2) is 0 Å². The van der Waals surface area contributed by atoms with Crippen molar-refractivity contribution in [1.29, 1.82) is 0 Å². The Morgan fingerprint density at radius 1 is 0.750 bits per heavy atom. The van der Waals surface area contributed by atoms with Crippen molar-refractivity contribution >= 4 is 0 Å². The van der Waals surface area contributed by atoms with Gasteiger partial charge in [-0.1, -0.05) is 102 Å². The van der Waals surface area contributed by atoms with Crippen molar-refractivity contribution in [3.63, 3.8) is 0 Å². The highest BCUT2D eigenvalue weighted by Gasteiger charge is 2.22. The molecule has 1 saturated carbocycles. The Labute approximate surface area is 198 Å². The van der Waals surface area contributed by atoms with E-state index in [2.05, 4.69) is 69.3 Å². The van der Waals surface area contributed by atoms with Gasteiger partial charge in [-0.15, -0.1) is 0 Å². The smallest absolute Gasteiger partial charge is 0.119 e. The van der Waals surface area contributed by atoms with Gasteiger partial charge in [0.25, 0.3) is 0 Å². The first-order chi connectivity index (χ1) is 15.7. The van der Waals surface area contributed by atoms with E-state index in [1.165, 1.54) is 93.7 Å². The lowest BCUT2D eigenvalue weighted by atomic mass is 9.77. The van der Waals surface area contributed by atoms with Crippen LogP contribution in [0, 0.1) is 11.8 Å². The average molecular weight is 435 g/mol. The third-order valence-corrected chi connectivity index (χ3v) is 7.47. The molecular formula is C31H46O. The molecule has 1 atom stereocenters. The molecule has 0 saturated heterocycles. The summed E-state index contributed by atoms with van der Waals surface area (Å²) in [6, 6.07) is 18.0. The lowest BCUT2D eigenvalue weighted by Gasteiger charge is -2.29. The maximum atomic E-state index is 6.03. The summed E-state index contributed by atoms with van der Waals surface area (Å²) < 4.78 is 6.03. The maximum absolute atomic E-state index is 6.03. The van der Waals surface area contributed by atoms with Crippen LogP contribution < -0.4 is 4.74 Å². The Kier molecular flexibility index (Phi) is 10.7. The predicted molar refractivity (Wildman–Crippen MR) is 140 cm³/mol. The van der Waals surface area contributed by atoms with E-state index in [0.29, 0.717) is 5.92 Å². The molecular weight excluding hydrogens is 388 g/mol. The molecule has 0 amide bonds. The molecule has 1 aliphatic rings. The highest BCUT2D eigenvalue weighted by molar-refractivity contribution is 5.64. The van der Waals surface area contributed by atoms with Gasteiger partial charge in [-0.3, -0.25) is 0 Å². The van der Waals surface area contributed by atoms with Crippen molar-refractivity contribution in [2.75, 3.05) is 6.61 Å². The standard InChI is InChI=1S/C31H46O/c1-4-6-8-10-25(3)24-32-31-22-20-30(21-23-31)29-18-16-28(17-19-29)27-14-12-26(13-15-27)11-9-7-5-2/h16-23,25-27H,4-15,24H2,1-3H3. The van der Waals surface area contributed by atoms with Crippen LogP contribution >= 0.6 is 0 Å². The quantitative estimate of drug-likeness (QED) is 0.285. The molecule has 32 heavy (non-hydrogen) atoms. The molecule has 2 aromatic carbocycles. The second kappa shape index (κ2) is 13.7. The highest BCUT2D eigenvalue weighted by Crippen LogP contribution is 2.38. The van der Waals surface area contributed by atoms with Gasteiger partial charge in [-0.25, -0.2) is 0 Å². The van der Waals surface area contributed by atoms with E-state index < -0.39 is 0 Å². The largest absolute Gasteiger partial charge is 0.493 e. The number of hydrogen-bond acceptors (Lipinski definition) is 1. The summed E-state index contributed by atoms with van der Waals surface area (Å²) in [5.41, 5.74) is 4.12. The summed E-state index contributed by atoms with van der Waals surface area (Å²) in [5.74, 6) is 3.36. The van der Waals surface area contributed by atoms with Crippen LogP contribution in [-0.4, -0.2) is 6.61 Å². The molecule has 0 aromatic heterocycles. The molecule has 1 nitrogen and oxygen atoms in total. The highest BCUT2D eigenvalue weighted by atomic mass is 16.5. The fraction of sp³-hybridized carbons (Fsp3) is 0.613. The van der Waals surface area contributed by atoms with Gasteiger partial charge in [-0.2, -0.15) is 0 Å². The summed E-state index contributed by atoms with van der Waals surface area (Å²) >= 11 is 0. The average Bonchev–Trinajstić information content (AvgIpc) is 2.84. The van der Waals surface area contributed by atoms with E-state index in [-0.39, 0.29) is 0 Å². The molecule has 3 rings (SSSR count). The predicted octanol–water partition coefficient (Wildman–Crippen LogP) is 9.80. The summed E-state index contributed by atoms with van der Waals surface area (Å²) in [6.07, 6.45) is 16.4. The molecule has 0 spiro atoms. The zero-order valence-electron chi connectivity index (χ0n) is 21.0. The molecule has 0 bridgehead atoms. The van der Waals surface area contributed by atoms with Gasteiger partial charge in [0, 0.05) is 0 Å². The zero-order valence-corrected chi connectivity index (χ0v) is 21.0. The topological polar surface area (TPSA) is 9.23 Å². The second-order valence-corrected chi connectivity index (χ2v) is 10.3. The van der Waals surface area contributed by atoms with Crippen LogP contribution in [0.4, 0.5) is 0 Å². The number of unbranched alkanes of at least 4 members (excludes halogenated alkanes) is 4. The van der Waals surface area contributed by atoms with Crippen LogP contribution in [0.3, 0.4) is 0 Å². The summed E-state index contributed by atoms with van der Waals surface area (Å²) in [7, 11) is 0.